The van der Waals surface area contributed by atoms with E-state index in [1.54, 1.807) is 29.2 Å². The molecule has 1 amide bonds. The lowest BCUT2D eigenvalue weighted by Gasteiger charge is -2.37. The van der Waals surface area contributed by atoms with Crippen LogP contribution in [-0.4, -0.2) is 58.1 Å². The third-order valence-electron chi connectivity index (χ3n) is 6.11. The molecule has 4 rings (SSSR count). The normalized spacial score (nSPS) is 14.9. The lowest BCUT2D eigenvalue weighted by Crippen LogP contribution is -2.55. The Balaban J connectivity index is 1.49. The number of nitrogens with one attached hydrogen (secondary N) is 1. The predicted molar refractivity (Wildman–Crippen MR) is 137 cm³/mol. The summed E-state index contributed by atoms with van der Waals surface area (Å²) in [6, 6.07) is 20.8. The molecule has 1 saturated heterocycles. The molecule has 0 radical (unpaired) electrons. The molecule has 0 unspecified atom stereocenters. The predicted octanol–water partition coefficient (Wildman–Crippen LogP) is 3.46. The van der Waals surface area contributed by atoms with Gasteiger partial charge in [-0.05, 0) is 67.4 Å². The fraction of sp³-hybridized carbons (Fsp3) is 0.296. The summed E-state index contributed by atoms with van der Waals surface area (Å²) in [6.07, 6.45) is 0.230. The SMILES string of the molecule is CCOc1ccc(S(=O)(=O)N[C@@H](Cc2ccccc2)C(=O)N2CCN(c3ccc(F)cc3)CC2)cc1. The quantitative estimate of drug-likeness (QED) is 0.476. The van der Waals surface area contributed by atoms with Crippen LogP contribution in [0, 0.1) is 5.82 Å². The molecule has 0 spiro atoms. The highest BCUT2D eigenvalue weighted by Gasteiger charge is 2.31. The van der Waals surface area contributed by atoms with Crippen molar-refractivity contribution < 1.29 is 22.3 Å². The Hall–Kier alpha value is -3.43. The first-order valence-electron chi connectivity index (χ1n) is 11.9. The molecule has 1 atom stereocenters. The highest BCUT2D eigenvalue weighted by Crippen LogP contribution is 2.20. The Morgan fingerprint density at radius 2 is 1.58 bits per heavy atom. The Kier molecular flexibility index (Phi) is 8.22. The molecule has 0 bridgehead atoms. The van der Waals surface area contributed by atoms with Gasteiger partial charge in [0.25, 0.3) is 0 Å². The van der Waals surface area contributed by atoms with E-state index in [-0.39, 0.29) is 23.0 Å². The van der Waals surface area contributed by atoms with Crippen molar-refractivity contribution in [2.24, 2.45) is 0 Å². The standard InChI is InChI=1S/C27H30FN3O4S/c1-2-35-24-12-14-25(15-13-24)36(33,34)29-26(20-21-6-4-3-5-7-21)27(32)31-18-16-30(17-19-31)23-10-8-22(28)9-11-23/h3-15,26,29H,2,16-20H2,1H3/t26-/m0/s1. The zero-order valence-electron chi connectivity index (χ0n) is 20.1. The second-order valence-electron chi connectivity index (χ2n) is 8.56. The van der Waals surface area contributed by atoms with Crippen molar-refractivity contribution in [3.05, 3.63) is 90.2 Å². The van der Waals surface area contributed by atoms with E-state index in [1.807, 2.05) is 37.3 Å². The van der Waals surface area contributed by atoms with Gasteiger partial charge < -0.3 is 14.5 Å². The monoisotopic (exact) mass is 511 g/mol. The minimum absolute atomic E-state index is 0.0675. The fourth-order valence-electron chi connectivity index (χ4n) is 4.22. The molecule has 0 aliphatic carbocycles. The van der Waals surface area contributed by atoms with Gasteiger partial charge in [-0.1, -0.05) is 30.3 Å². The molecule has 3 aromatic rings. The molecule has 1 fully saturated rings. The van der Waals surface area contributed by atoms with Gasteiger partial charge in [0.15, 0.2) is 0 Å². The minimum Gasteiger partial charge on any atom is -0.494 e. The topological polar surface area (TPSA) is 78.9 Å². The van der Waals surface area contributed by atoms with E-state index in [0.717, 1.165) is 11.3 Å². The van der Waals surface area contributed by atoms with Gasteiger partial charge in [-0.15, -0.1) is 0 Å². The van der Waals surface area contributed by atoms with Gasteiger partial charge in [0.05, 0.1) is 11.5 Å². The van der Waals surface area contributed by atoms with E-state index in [2.05, 4.69) is 9.62 Å². The number of ether oxygens (including phenoxy) is 1. The number of hydrogen-bond donors (Lipinski definition) is 1. The summed E-state index contributed by atoms with van der Waals surface area (Å²) in [5, 5.41) is 0. The number of carbonyl (C=O) groups is 1. The van der Waals surface area contributed by atoms with Crippen LogP contribution in [0.3, 0.4) is 0 Å². The first-order valence-corrected chi connectivity index (χ1v) is 13.4. The lowest BCUT2D eigenvalue weighted by atomic mass is 10.1. The van der Waals surface area contributed by atoms with E-state index in [4.69, 9.17) is 4.74 Å². The van der Waals surface area contributed by atoms with Crippen molar-refractivity contribution in [2.45, 2.75) is 24.3 Å². The number of benzene rings is 3. The van der Waals surface area contributed by atoms with Gasteiger partial charge in [0.2, 0.25) is 15.9 Å². The van der Waals surface area contributed by atoms with Crippen LogP contribution in [0.2, 0.25) is 0 Å². The summed E-state index contributed by atoms with van der Waals surface area (Å²) in [5.41, 5.74) is 1.75. The molecule has 7 nitrogen and oxygen atoms in total. The number of hydrogen-bond acceptors (Lipinski definition) is 5. The second kappa shape index (κ2) is 11.5. The summed E-state index contributed by atoms with van der Waals surface area (Å²) < 4.78 is 47.7. The summed E-state index contributed by atoms with van der Waals surface area (Å²) in [5.74, 6) is 0.00985. The number of halogens is 1. The van der Waals surface area contributed by atoms with Crippen molar-refractivity contribution in [1.29, 1.82) is 0 Å². The van der Waals surface area contributed by atoms with E-state index in [1.165, 1.54) is 24.3 Å². The fourth-order valence-corrected chi connectivity index (χ4v) is 5.41. The zero-order chi connectivity index (χ0) is 25.5. The maximum absolute atomic E-state index is 13.5. The third-order valence-corrected chi connectivity index (χ3v) is 7.59. The Morgan fingerprint density at radius 3 is 2.19 bits per heavy atom. The van der Waals surface area contributed by atoms with Gasteiger partial charge in [0.1, 0.15) is 17.6 Å². The van der Waals surface area contributed by atoms with Crippen LogP contribution < -0.4 is 14.4 Å². The summed E-state index contributed by atoms with van der Waals surface area (Å²) in [7, 11) is -3.95. The van der Waals surface area contributed by atoms with Gasteiger partial charge in [0, 0.05) is 31.9 Å². The number of amides is 1. The van der Waals surface area contributed by atoms with Crippen LogP contribution in [0.15, 0.2) is 83.8 Å². The van der Waals surface area contributed by atoms with Crippen LogP contribution in [0.1, 0.15) is 12.5 Å². The maximum atomic E-state index is 13.5. The number of nitrogens with zero attached hydrogens (tertiary/aromatic N) is 2. The first-order chi connectivity index (χ1) is 17.4. The van der Waals surface area contributed by atoms with Crippen molar-refractivity contribution in [1.82, 2.24) is 9.62 Å². The van der Waals surface area contributed by atoms with E-state index >= 15 is 0 Å². The summed E-state index contributed by atoms with van der Waals surface area (Å²) in [4.78, 5) is 17.4. The Bertz CT molecular complexity index is 1240. The first kappa shape index (κ1) is 25.7. The van der Waals surface area contributed by atoms with Crippen LogP contribution in [-0.2, 0) is 21.2 Å². The van der Waals surface area contributed by atoms with Crippen molar-refractivity contribution in [3.63, 3.8) is 0 Å². The van der Waals surface area contributed by atoms with Gasteiger partial charge in [-0.2, -0.15) is 4.72 Å². The number of piperazine rings is 1. The number of carbonyl (C=O) groups excluding carboxylic acids is 1. The molecular formula is C27H30FN3O4S. The molecule has 1 aliphatic rings. The Labute approximate surface area is 211 Å². The minimum atomic E-state index is -3.95. The molecule has 36 heavy (non-hydrogen) atoms. The van der Waals surface area contributed by atoms with Gasteiger partial charge in [-0.3, -0.25) is 4.79 Å². The molecule has 9 heteroatoms. The van der Waals surface area contributed by atoms with Gasteiger partial charge >= 0.3 is 0 Å². The molecule has 1 aliphatic heterocycles. The molecule has 3 aromatic carbocycles. The largest absolute Gasteiger partial charge is 0.494 e. The molecule has 0 aromatic heterocycles. The van der Waals surface area contributed by atoms with Crippen molar-refractivity contribution in [3.8, 4) is 5.75 Å². The summed E-state index contributed by atoms with van der Waals surface area (Å²) >= 11 is 0. The smallest absolute Gasteiger partial charge is 0.241 e. The second-order valence-corrected chi connectivity index (χ2v) is 10.3. The van der Waals surface area contributed by atoms with E-state index in [9.17, 15) is 17.6 Å². The van der Waals surface area contributed by atoms with Crippen molar-refractivity contribution >= 4 is 21.6 Å². The lowest BCUT2D eigenvalue weighted by molar-refractivity contribution is -0.133. The summed E-state index contributed by atoms with van der Waals surface area (Å²) in [6.45, 7) is 4.35. The molecular weight excluding hydrogens is 481 g/mol. The third kappa shape index (κ3) is 6.41. The van der Waals surface area contributed by atoms with Crippen LogP contribution in [0.5, 0.6) is 5.75 Å². The number of sulfonamides is 1. The Morgan fingerprint density at radius 1 is 0.944 bits per heavy atom. The maximum Gasteiger partial charge on any atom is 0.241 e. The number of anilines is 1. The molecule has 1 N–H and O–H groups in total. The van der Waals surface area contributed by atoms with Crippen LogP contribution in [0.25, 0.3) is 0 Å². The number of rotatable bonds is 9. The van der Waals surface area contributed by atoms with Crippen LogP contribution in [0.4, 0.5) is 10.1 Å². The average Bonchev–Trinajstić information content (AvgIpc) is 2.89. The van der Waals surface area contributed by atoms with E-state index < -0.39 is 16.1 Å². The van der Waals surface area contributed by atoms with Gasteiger partial charge in [-0.25, -0.2) is 12.8 Å². The van der Waals surface area contributed by atoms with Crippen molar-refractivity contribution in [2.75, 3.05) is 37.7 Å². The zero-order valence-corrected chi connectivity index (χ0v) is 21.0. The molecule has 1 heterocycles. The van der Waals surface area contributed by atoms with Crippen LogP contribution >= 0.6 is 0 Å². The highest BCUT2D eigenvalue weighted by atomic mass is 32.2. The highest BCUT2D eigenvalue weighted by molar-refractivity contribution is 7.89. The molecule has 0 saturated carbocycles. The average molecular weight is 512 g/mol. The molecule has 190 valence electrons. The van der Waals surface area contributed by atoms with E-state index in [0.29, 0.717) is 38.5 Å².